The number of aliphatic hydroxyl groups is 1. The van der Waals surface area contributed by atoms with Gasteiger partial charge in [-0.3, -0.25) is 9.69 Å². The Morgan fingerprint density at radius 2 is 2.08 bits per heavy atom. The van der Waals surface area contributed by atoms with Gasteiger partial charge in [0.25, 0.3) is 0 Å². The van der Waals surface area contributed by atoms with Gasteiger partial charge in [-0.15, -0.1) is 0 Å². The fourth-order valence-electron chi connectivity index (χ4n) is 8.05. The van der Waals surface area contributed by atoms with E-state index in [-0.39, 0.29) is 23.7 Å². The van der Waals surface area contributed by atoms with Gasteiger partial charge in [-0.25, -0.2) is 0 Å². The second-order valence-corrected chi connectivity index (χ2v) is 12.0. The predicted octanol–water partition coefficient (Wildman–Crippen LogP) is 3.51. The Labute approximate surface area is 223 Å². The molecular formula is C31H36N2O5. The zero-order valence-corrected chi connectivity index (χ0v) is 22.1. The van der Waals surface area contributed by atoms with E-state index in [0.29, 0.717) is 18.6 Å². The topological polar surface area (TPSA) is 82.5 Å². The summed E-state index contributed by atoms with van der Waals surface area (Å²) in [6, 6.07) is 11.2. The molecule has 2 N–H and O–H groups in total. The minimum absolute atomic E-state index is 0.0286. The van der Waals surface area contributed by atoms with Crippen LogP contribution in [-0.4, -0.2) is 77.0 Å². The van der Waals surface area contributed by atoms with Crippen molar-refractivity contribution in [3.8, 4) is 17.2 Å². The van der Waals surface area contributed by atoms with Crippen molar-refractivity contribution in [3.05, 3.63) is 59.2 Å². The molecule has 2 aromatic carbocycles. The zero-order chi connectivity index (χ0) is 26.2. The maximum atomic E-state index is 13.4. The molecule has 2 saturated carbocycles. The summed E-state index contributed by atoms with van der Waals surface area (Å²) in [7, 11) is 3.46. The van der Waals surface area contributed by atoms with Crippen molar-refractivity contribution in [3.63, 3.8) is 0 Å². The van der Waals surface area contributed by atoms with Gasteiger partial charge in [-0.05, 0) is 86.4 Å². The lowest BCUT2D eigenvalue weighted by molar-refractivity contribution is -0.200. The van der Waals surface area contributed by atoms with Crippen molar-refractivity contribution in [2.45, 2.75) is 67.7 Å². The van der Waals surface area contributed by atoms with E-state index in [2.05, 4.69) is 4.90 Å². The molecule has 5 aliphatic rings. The second kappa shape index (κ2) is 8.48. The number of amides is 1. The number of methoxy groups -OCH3 is 1. The number of hydrogen-bond donors (Lipinski definition) is 2. The van der Waals surface area contributed by atoms with Crippen LogP contribution in [0.2, 0.25) is 0 Å². The lowest BCUT2D eigenvalue weighted by Crippen LogP contribution is -2.78. The van der Waals surface area contributed by atoms with E-state index >= 15 is 0 Å². The first-order valence-electron chi connectivity index (χ1n) is 13.9. The molecule has 0 aromatic heterocycles. The smallest absolute Gasteiger partial charge is 0.246 e. The van der Waals surface area contributed by atoms with Crippen LogP contribution in [-0.2, 0) is 16.6 Å². The SMILES string of the molecule is COc1cccc(/C=C/C(=O)N(C)C2CC[C@@]3(O)[C@H]4Cc5ccc(O)c6c5[C@@]3(CCN4CC3CC3)C2O6)c1. The Morgan fingerprint density at radius 1 is 1.24 bits per heavy atom. The number of likely N-dealkylation sites (N-methyl/N-ethyl adjacent to an activating group) is 1. The molecule has 2 bridgehead atoms. The number of carbonyl (C=O) groups is 1. The van der Waals surface area contributed by atoms with Gasteiger partial charge in [-0.2, -0.15) is 0 Å². The third-order valence-electron chi connectivity index (χ3n) is 10.1. The summed E-state index contributed by atoms with van der Waals surface area (Å²) in [6.45, 7) is 1.95. The first-order valence-corrected chi connectivity index (χ1v) is 13.9. The lowest BCUT2D eigenvalue weighted by atomic mass is 9.48. The molecule has 38 heavy (non-hydrogen) atoms. The average molecular weight is 517 g/mol. The second-order valence-electron chi connectivity index (χ2n) is 12.0. The van der Waals surface area contributed by atoms with Crippen molar-refractivity contribution in [2.24, 2.45) is 5.92 Å². The highest BCUT2D eigenvalue weighted by Crippen LogP contribution is 2.66. The van der Waals surface area contributed by atoms with Crippen molar-refractivity contribution in [1.82, 2.24) is 9.80 Å². The Bertz CT molecular complexity index is 1320. The summed E-state index contributed by atoms with van der Waals surface area (Å²) < 4.78 is 11.9. The molecule has 3 aliphatic carbocycles. The quantitative estimate of drug-likeness (QED) is 0.572. The standard InChI is InChI=1S/C31H36N2O5/c1-32(26(35)11-8-19-4-3-5-22(16-19)37-2)23-12-13-31(36)25-17-21-9-10-24(34)28-27(21)30(31,29(23)38-28)14-15-33(25)18-20-6-7-20/h3-5,8-11,16,20,23,25,29,34,36H,6-7,12-15,17-18H2,1-2H3/b11-8+/t23?,25-,29?,30+,31-/m1/s1. The molecule has 200 valence electrons. The number of nitrogens with zero attached hydrogens (tertiary/aromatic N) is 2. The van der Waals surface area contributed by atoms with E-state index in [0.717, 1.165) is 48.7 Å². The maximum Gasteiger partial charge on any atom is 0.246 e. The first kappa shape index (κ1) is 24.0. The molecule has 7 nitrogen and oxygen atoms in total. The molecule has 7 heteroatoms. The van der Waals surface area contributed by atoms with Crippen LogP contribution in [0, 0.1) is 5.92 Å². The minimum Gasteiger partial charge on any atom is -0.504 e. The van der Waals surface area contributed by atoms with Gasteiger partial charge in [0.1, 0.15) is 11.9 Å². The molecular weight excluding hydrogens is 480 g/mol. The molecule has 5 atom stereocenters. The van der Waals surface area contributed by atoms with Gasteiger partial charge in [-0.1, -0.05) is 18.2 Å². The summed E-state index contributed by atoms with van der Waals surface area (Å²) in [5.41, 5.74) is 1.47. The number of likely N-dealkylation sites (tertiary alicyclic amines) is 1. The Kier molecular flexibility index (Phi) is 5.37. The first-order chi connectivity index (χ1) is 18.4. The van der Waals surface area contributed by atoms with Gasteiger partial charge in [0.05, 0.1) is 24.2 Å². The molecule has 3 fully saturated rings. The number of rotatable bonds is 6. The van der Waals surface area contributed by atoms with Crippen molar-refractivity contribution in [2.75, 3.05) is 27.2 Å². The Balaban J connectivity index is 1.23. The molecule has 1 amide bonds. The van der Waals surface area contributed by atoms with Crippen LogP contribution in [0.4, 0.5) is 0 Å². The van der Waals surface area contributed by atoms with Gasteiger partial charge < -0.3 is 24.6 Å². The third kappa shape index (κ3) is 3.31. The van der Waals surface area contributed by atoms with Gasteiger partial charge >= 0.3 is 0 Å². The van der Waals surface area contributed by atoms with Crippen molar-refractivity contribution in [1.29, 1.82) is 0 Å². The van der Waals surface area contributed by atoms with Crippen LogP contribution in [0.3, 0.4) is 0 Å². The van der Waals surface area contributed by atoms with Gasteiger partial charge in [0.15, 0.2) is 11.5 Å². The highest BCUT2D eigenvalue weighted by Gasteiger charge is 2.73. The van der Waals surface area contributed by atoms with E-state index < -0.39 is 17.1 Å². The van der Waals surface area contributed by atoms with Crippen LogP contribution >= 0.6 is 0 Å². The number of phenolic OH excluding ortho intramolecular Hbond substituents is 1. The normalized spacial score (nSPS) is 33.1. The van der Waals surface area contributed by atoms with Crippen LogP contribution in [0.5, 0.6) is 17.2 Å². The fourth-order valence-corrected chi connectivity index (χ4v) is 8.05. The highest BCUT2D eigenvalue weighted by atomic mass is 16.5. The molecule has 2 unspecified atom stereocenters. The number of ether oxygens (including phenoxy) is 2. The van der Waals surface area contributed by atoms with Gasteiger partial charge in [0, 0.05) is 31.3 Å². The summed E-state index contributed by atoms with van der Waals surface area (Å²) >= 11 is 0. The number of piperidine rings is 1. The lowest BCUT2D eigenvalue weighted by Gasteiger charge is -2.64. The van der Waals surface area contributed by atoms with E-state index in [1.54, 1.807) is 30.2 Å². The predicted molar refractivity (Wildman–Crippen MR) is 143 cm³/mol. The van der Waals surface area contributed by atoms with E-state index in [1.807, 2.05) is 37.4 Å². The fraction of sp³-hybridized carbons (Fsp3) is 0.516. The summed E-state index contributed by atoms with van der Waals surface area (Å²) in [4.78, 5) is 17.7. The number of phenols is 1. The summed E-state index contributed by atoms with van der Waals surface area (Å²) in [6.07, 6.45) is 8.35. The Hall–Kier alpha value is -3.03. The molecule has 1 spiro atoms. The van der Waals surface area contributed by atoms with Gasteiger partial charge in [0.2, 0.25) is 5.91 Å². The minimum atomic E-state index is -0.951. The largest absolute Gasteiger partial charge is 0.504 e. The number of carbonyl (C=O) groups excluding carboxylic acids is 1. The monoisotopic (exact) mass is 516 g/mol. The molecule has 2 heterocycles. The van der Waals surface area contributed by atoms with E-state index in [9.17, 15) is 15.0 Å². The van der Waals surface area contributed by atoms with E-state index in [1.165, 1.54) is 18.4 Å². The zero-order valence-electron chi connectivity index (χ0n) is 22.1. The summed E-state index contributed by atoms with van der Waals surface area (Å²) in [5, 5.41) is 23.5. The van der Waals surface area contributed by atoms with Crippen LogP contribution < -0.4 is 9.47 Å². The third-order valence-corrected chi connectivity index (χ3v) is 10.1. The van der Waals surface area contributed by atoms with E-state index in [4.69, 9.17) is 9.47 Å². The summed E-state index contributed by atoms with van der Waals surface area (Å²) in [5.74, 6) is 2.02. The average Bonchev–Trinajstić information content (AvgIpc) is 3.67. The maximum absolute atomic E-state index is 13.4. The van der Waals surface area contributed by atoms with Crippen molar-refractivity contribution >= 4 is 12.0 Å². The number of benzene rings is 2. The molecule has 7 rings (SSSR count). The molecule has 2 aromatic rings. The number of aromatic hydroxyl groups is 1. The highest BCUT2D eigenvalue weighted by molar-refractivity contribution is 5.92. The molecule has 0 radical (unpaired) electrons. The van der Waals surface area contributed by atoms with Crippen LogP contribution in [0.15, 0.2) is 42.5 Å². The van der Waals surface area contributed by atoms with Crippen LogP contribution in [0.1, 0.15) is 48.8 Å². The Morgan fingerprint density at radius 3 is 2.87 bits per heavy atom. The van der Waals surface area contributed by atoms with Crippen molar-refractivity contribution < 1.29 is 24.5 Å². The molecule has 1 saturated heterocycles. The number of hydrogen-bond acceptors (Lipinski definition) is 6. The van der Waals surface area contributed by atoms with Crippen LogP contribution in [0.25, 0.3) is 6.08 Å². The molecule has 2 aliphatic heterocycles.